The molecule has 0 bridgehead atoms. The van der Waals surface area contributed by atoms with Crippen LogP contribution in [0.25, 0.3) is 0 Å². The van der Waals surface area contributed by atoms with Crippen LogP contribution in [0, 0.1) is 0 Å². The quantitative estimate of drug-likeness (QED) is 0.514. The van der Waals surface area contributed by atoms with Crippen LogP contribution in [0.15, 0.2) is 0 Å². The summed E-state index contributed by atoms with van der Waals surface area (Å²) in [6, 6.07) is 0. The van der Waals surface area contributed by atoms with Crippen LogP contribution in [-0.2, 0) is 0 Å². The minimum Gasteiger partial charge on any atom is -0.297 e. The van der Waals surface area contributed by atoms with Crippen LogP contribution in [0.4, 0.5) is 0 Å². The van der Waals surface area contributed by atoms with E-state index in [0.29, 0.717) is 5.78 Å². The predicted octanol–water partition coefficient (Wildman–Crippen LogP) is 5.10. The van der Waals surface area contributed by atoms with Gasteiger partial charge in [-0.05, 0) is 25.7 Å². The second-order valence-electron chi connectivity index (χ2n) is 5.43. The van der Waals surface area contributed by atoms with Crippen LogP contribution in [0.1, 0.15) is 72.6 Å². The molecule has 0 spiro atoms. The van der Waals surface area contributed by atoms with Gasteiger partial charge in [-0.3, -0.25) is 5.73 Å². The summed E-state index contributed by atoms with van der Waals surface area (Å²) in [4.78, 5) is 0. The van der Waals surface area contributed by atoms with Gasteiger partial charge in [0.05, 0.1) is 18.5 Å². The fourth-order valence-corrected chi connectivity index (χ4v) is 7.92. The van der Waals surface area contributed by atoms with Crippen LogP contribution in [-0.4, -0.2) is 24.3 Å². The van der Waals surface area contributed by atoms with Gasteiger partial charge in [0.2, 0.25) is 0 Å². The van der Waals surface area contributed by atoms with Crippen molar-refractivity contribution >= 4 is 7.26 Å². The molecule has 0 rings (SSSR count). The first-order valence-corrected chi connectivity index (χ1v) is 10.2. The molecule has 0 saturated heterocycles. The molecule has 17 heavy (non-hydrogen) atoms. The van der Waals surface area contributed by atoms with Gasteiger partial charge < -0.3 is 0 Å². The van der Waals surface area contributed by atoms with Gasteiger partial charge in [0.25, 0.3) is 0 Å². The topological polar surface area (TPSA) is 26.0 Å². The molecule has 0 heterocycles. The highest BCUT2D eigenvalue weighted by Crippen LogP contribution is 2.63. The third-order valence-corrected chi connectivity index (χ3v) is 9.39. The fraction of sp³-hybridized carbons (Fsp3) is 1.00. The van der Waals surface area contributed by atoms with Gasteiger partial charge in [-0.1, -0.05) is 47.0 Å². The second kappa shape index (κ2) is 10.3. The van der Waals surface area contributed by atoms with E-state index in [2.05, 4.69) is 27.7 Å². The minimum atomic E-state index is -0.859. The van der Waals surface area contributed by atoms with Gasteiger partial charge in [0, 0.05) is 7.26 Å². The molecule has 0 aliphatic rings. The highest BCUT2D eigenvalue weighted by Gasteiger charge is 2.40. The summed E-state index contributed by atoms with van der Waals surface area (Å²) >= 11 is 0. The van der Waals surface area contributed by atoms with E-state index < -0.39 is 7.26 Å². The second-order valence-corrected chi connectivity index (χ2v) is 9.87. The number of hydrogen-bond acceptors (Lipinski definition) is 1. The van der Waals surface area contributed by atoms with Crippen molar-refractivity contribution in [3.63, 3.8) is 0 Å². The maximum atomic E-state index is 6.52. The zero-order valence-corrected chi connectivity index (χ0v) is 13.6. The Kier molecular flexibility index (Phi) is 10.6. The average molecular weight is 260 g/mol. The van der Waals surface area contributed by atoms with Crippen molar-refractivity contribution in [3.8, 4) is 0 Å². The van der Waals surface area contributed by atoms with Gasteiger partial charge in [-0.2, -0.15) is 0 Å². The zero-order valence-electron chi connectivity index (χ0n) is 12.7. The third kappa shape index (κ3) is 6.20. The molecule has 0 aromatic carbocycles. The lowest BCUT2D eigenvalue weighted by atomic mass is 10.4. The van der Waals surface area contributed by atoms with E-state index in [0.717, 1.165) is 0 Å². The smallest absolute Gasteiger partial charge is 0.116 e. The lowest BCUT2D eigenvalue weighted by molar-refractivity contribution is 0.777. The summed E-state index contributed by atoms with van der Waals surface area (Å²) in [5.41, 5.74) is 6.52. The summed E-state index contributed by atoms with van der Waals surface area (Å²) in [5, 5.41) is 0. The van der Waals surface area contributed by atoms with Crippen LogP contribution >= 0.6 is 7.26 Å². The van der Waals surface area contributed by atoms with Crippen molar-refractivity contribution in [2.45, 2.75) is 78.4 Å². The van der Waals surface area contributed by atoms with Crippen LogP contribution < -0.4 is 5.73 Å². The SMILES string of the molecule is CCCC[P+](CCCC)(CCCC)C(N)CC. The molecular formula is C15H35NP+. The van der Waals surface area contributed by atoms with Crippen molar-refractivity contribution in [2.24, 2.45) is 5.73 Å². The third-order valence-electron chi connectivity index (χ3n) is 3.99. The van der Waals surface area contributed by atoms with Gasteiger partial charge in [0.1, 0.15) is 5.78 Å². The molecule has 0 aromatic heterocycles. The molecule has 2 heteroatoms. The van der Waals surface area contributed by atoms with Gasteiger partial charge >= 0.3 is 0 Å². The molecule has 0 aromatic rings. The highest BCUT2D eigenvalue weighted by atomic mass is 31.2. The number of rotatable bonds is 11. The molecule has 0 saturated carbocycles. The van der Waals surface area contributed by atoms with Crippen LogP contribution in [0.5, 0.6) is 0 Å². The van der Waals surface area contributed by atoms with Crippen molar-refractivity contribution < 1.29 is 0 Å². The van der Waals surface area contributed by atoms with E-state index in [1.807, 2.05) is 0 Å². The summed E-state index contributed by atoms with van der Waals surface area (Å²) in [5.74, 6) is 0.521. The van der Waals surface area contributed by atoms with Gasteiger partial charge in [-0.25, -0.2) is 0 Å². The molecule has 0 amide bonds. The Bertz CT molecular complexity index is 149. The molecule has 0 fully saturated rings. The molecule has 0 aliphatic carbocycles. The largest absolute Gasteiger partial charge is 0.297 e. The highest BCUT2D eigenvalue weighted by molar-refractivity contribution is 7.76. The van der Waals surface area contributed by atoms with E-state index in [1.165, 1.54) is 63.4 Å². The Morgan fingerprint density at radius 1 is 0.765 bits per heavy atom. The van der Waals surface area contributed by atoms with E-state index in [9.17, 15) is 0 Å². The molecule has 2 N–H and O–H groups in total. The molecule has 1 atom stereocenters. The number of hydrogen-bond donors (Lipinski definition) is 1. The van der Waals surface area contributed by atoms with Gasteiger partial charge in [0.15, 0.2) is 0 Å². The van der Waals surface area contributed by atoms with Crippen molar-refractivity contribution in [3.05, 3.63) is 0 Å². The lowest BCUT2D eigenvalue weighted by Gasteiger charge is -2.32. The average Bonchev–Trinajstić information content (AvgIpc) is 2.37. The van der Waals surface area contributed by atoms with Crippen LogP contribution in [0.3, 0.4) is 0 Å². The Morgan fingerprint density at radius 2 is 1.12 bits per heavy atom. The van der Waals surface area contributed by atoms with E-state index >= 15 is 0 Å². The monoisotopic (exact) mass is 260 g/mol. The molecule has 1 nitrogen and oxygen atoms in total. The van der Waals surface area contributed by atoms with Crippen molar-refractivity contribution in [1.82, 2.24) is 0 Å². The first kappa shape index (κ1) is 17.4. The lowest BCUT2D eigenvalue weighted by Crippen LogP contribution is -2.29. The maximum Gasteiger partial charge on any atom is 0.116 e. The summed E-state index contributed by atoms with van der Waals surface area (Å²) < 4.78 is 0. The molecule has 0 aliphatic heterocycles. The summed E-state index contributed by atoms with van der Waals surface area (Å²) in [7, 11) is -0.859. The van der Waals surface area contributed by atoms with Gasteiger partial charge in [-0.15, -0.1) is 0 Å². The van der Waals surface area contributed by atoms with E-state index in [1.54, 1.807) is 0 Å². The Balaban J connectivity index is 4.63. The minimum absolute atomic E-state index is 0.521. The molecule has 104 valence electrons. The summed E-state index contributed by atoms with van der Waals surface area (Å²) in [6.07, 6.45) is 13.7. The molecular weight excluding hydrogens is 225 g/mol. The first-order valence-electron chi connectivity index (χ1n) is 7.78. The Labute approximate surface area is 110 Å². The normalized spacial score (nSPS) is 13.9. The number of nitrogens with two attached hydrogens (primary N) is 1. The molecule has 1 unspecified atom stereocenters. The van der Waals surface area contributed by atoms with Crippen molar-refractivity contribution in [1.29, 1.82) is 0 Å². The maximum absolute atomic E-state index is 6.52. The summed E-state index contributed by atoms with van der Waals surface area (Å²) in [6.45, 7) is 9.21. The standard InChI is InChI=1S/C15H35NP/c1-5-9-12-17(13-10-6-2,14-11-7-3)15(16)8-4/h15H,5-14,16H2,1-4H3/q+1. The first-order chi connectivity index (χ1) is 8.16. The Morgan fingerprint density at radius 3 is 1.35 bits per heavy atom. The fourth-order valence-electron chi connectivity index (χ4n) is 2.64. The van der Waals surface area contributed by atoms with E-state index in [4.69, 9.17) is 5.73 Å². The van der Waals surface area contributed by atoms with Crippen molar-refractivity contribution in [2.75, 3.05) is 18.5 Å². The molecule has 0 radical (unpaired) electrons. The number of unbranched alkanes of at least 4 members (excludes halogenated alkanes) is 3. The van der Waals surface area contributed by atoms with E-state index in [-0.39, 0.29) is 0 Å². The predicted molar refractivity (Wildman–Crippen MR) is 84.5 cm³/mol. The Hall–Kier alpha value is 0.390. The van der Waals surface area contributed by atoms with Crippen LogP contribution in [0.2, 0.25) is 0 Å². The zero-order chi connectivity index (χ0) is 13.1.